The number of aromatic amines is 1. The van der Waals surface area contributed by atoms with E-state index in [1.807, 2.05) is 6.07 Å². The molecule has 0 radical (unpaired) electrons. The Morgan fingerprint density at radius 1 is 0.941 bits per heavy atom. The van der Waals surface area contributed by atoms with Crippen LogP contribution >= 0.6 is 25.0 Å². The lowest BCUT2D eigenvalue weighted by Crippen LogP contribution is -1.75. The van der Waals surface area contributed by atoms with Gasteiger partial charge in [-0.1, -0.05) is 30.3 Å². The Kier molecular flexibility index (Phi) is 2.95. The van der Waals surface area contributed by atoms with Gasteiger partial charge >= 0.3 is 0 Å². The monoisotopic (exact) mass is 303 g/mol. The zero-order valence-electron chi connectivity index (χ0n) is 8.98. The second-order valence-electron chi connectivity index (χ2n) is 3.85. The van der Waals surface area contributed by atoms with Crippen LogP contribution in [0.4, 0.5) is 0 Å². The smallest absolute Gasteiger partial charge is 0.0460 e. The maximum Gasteiger partial charge on any atom is 0.0460 e. The van der Waals surface area contributed by atoms with Crippen molar-refractivity contribution in [1.29, 1.82) is 0 Å². The lowest BCUT2D eigenvalue weighted by atomic mass is 10.1. The fourth-order valence-corrected chi connectivity index (χ4v) is 2.88. The van der Waals surface area contributed by atoms with Gasteiger partial charge in [0.25, 0.3) is 0 Å². The molecule has 0 saturated heterocycles. The normalized spacial score (nSPS) is 10.9. The third kappa shape index (κ3) is 2.01. The van der Waals surface area contributed by atoms with Crippen LogP contribution in [0.5, 0.6) is 0 Å². The van der Waals surface area contributed by atoms with E-state index in [0.29, 0.717) is 0 Å². The van der Waals surface area contributed by atoms with Crippen LogP contribution in [0.15, 0.2) is 59.6 Å². The molecule has 0 atom stereocenters. The molecule has 0 aliphatic carbocycles. The lowest BCUT2D eigenvalue weighted by molar-refractivity contribution is 1.45. The van der Waals surface area contributed by atoms with E-state index in [4.69, 9.17) is 0 Å². The van der Waals surface area contributed by atoms with Gasteiger partial charge < -0.3 is 4.98 Å². The van der Waals surface area contributed by atoms with Gasteiger partial charge in [0.2, 0.25) is 0 Å². The van der Waals surface area contributed by atoms with E-state index < -0.39 is 0 Å². The van der Waals surface area contributed by atoms with Crippen molar-refractivity contribution in [2.24, 2.45) is 0 Å². The van der Waals surface area contributed by atoms with E-state index in [0.717, 1.165) is 0 Å². The van der Waals surface area contributed by atoms with Crippen molar-refractivity contribution in [3.05, 3.63) is 54.7 Å². The summed E-state index contributed by atoms with van der Waals surface area (Å²) in [4.78, 5) is 4.52. The summed E-state index contributed by atoms with van der Waals surface area (Å²) in [6.07, 6.45) is 2.07. The fourth-order valence-electron chi connectivity index (χ4n) is 2.00. The molecule has 0 unspecified atom stereocenters. The number of para-hydroxylation sites is 1. The summed E-state index contributed by atoms with van der Waals surface area (Å²) in [5.74, 6) is 0. The molecule has 0 fully saturated rings. The fraction of sp³-hybridized carbons (Fsp3) is 0. The average Bonchev–Trinajstić information content (AvgIpc) is 2.83. The molecular weight excluding hydrogens is 294 g/mol. The molecule has 0 bridgehead atoms. The number of rotatable bonds is 2. The largest absolute Gasteiger partial charge is 0.361 e. The Bertz CT molecular complexity index is 643. The number of aromatic nitrogens is 1. The van der Waals surface area contributed by atoms with Crippen molar-refractivity contribution in [3.63, 3.8) is 0 Å². The third-order valence-corrected chi connectivity index (χ3v) is 4.42. The van der Waals surface area contributed by atoms with E-state index >= 15 is 0 Å². The van der Waals surface area contributed by atoms with E-state index in [1.54, 1.807) is 10.2 Å². The molecule has 0 aliphatic heterocycles. The second kappa shape index (κ2) is 4.59. The van der Waals surface area contributed by atoms with Crippen LogP contribution in [-0.4, -0.2) is 4.98 Å². The molecule has 84 valence electrons. The van der Waals surface area contributed by atoms with Crippen LogP contribution in [0.1, 0.15) is 0 Å². The van der Waals surface area contributed by atoms with Gasteiger partial charge in [-0.05, 0) is 48.8 Å². The third-order valence-electron chi connectivity index (χ3n) is 2.84. The topological polar surface area (TPSA) is 15.8 Å². The summed E-state index contributed by atoms with van der Waals surface area (Å²) < 4.78 is 0. The molecule has 1 aromatic heterocycles. The number of H-pyrrole nitrogens is 1. The zero-order valence-corrected chi connectivity index (χ0v) is 11.4. The van der Waals surface area contributed by atoms with Crippen LogP contribution in [-0.2, 0) is 0 Å². The lowest BCUT2D eigenvalue weighted by Gasteiger charge is -2.00. The highest BCUT2D eigenvalue weighted by Gasteiger charge is 2.04. The second-order valence-corrected chi connectivity index (χ2v) is 5.45. The Balaban J connectivity index is 2.13. The van der Waals surface area contributed by atoms with E-state index in [1.165, 1.54) is 26.9 Å². The number of halogens is 1. The molecule has 1 nitrogen and oxygen atoms in total. The maximum absolute atomic E-state index is 3.38. The molecule has 1 N–H and O–H groups in total. The van der Waals surface area contributed by atoms with Gasteiger partial charge in [-0.15, -0.1) is 0 Å². The molecule has 3 rings (SSSR count). The Hall–Kier alpha value is -1.19. The number of fused-ring (bicyclic) bond motifs is 1. The molecule has 2 aromatic carbocycles. The Morgan fingerprint density at radius 2 is 1.71 bits per heavy atom. The summed E-state index contributed by atoms with van der Waals surface area (Å²) in [5.41, 5.74) is 3.68. The quantitative estimate of drug-likeness (QED) is 0.685. The van der Waals surface area contributed by atoms with Crippen molar-refractivity contribution in [1.82, 2.24) is 4.98 Å². The van der Waals surface area contributed by atoms with E-state index in [9.17, 15) is 0 Å². The van der Waals surface area contributed by atoms with Gasteiger partial charge in [0, 0.05) is 27.6 Å². The minimum atomic E-state index is 1.18. The summed E-state index contributed by atoms with van der Waals surface area (Å²) in [6, 6.07) is 16.9. The molecule has 0 spiro atoms. The number of nitrogens with one attached hydrogen (secondary N) is 1. The van der Waals surface area contributed by atoms with Gasteiger partial charge in [0.05, 0.1) is 0 Å². The van der Waals surface area contributed by atoms with Crippen molar-refractivity contribution < 1.29 is 0 Å². The summed E-state index contributed by atoms with van der Waals surface area (Å²) in [6.45, 7) is 0. The first-order chi connectivity index (χ1) is 8.38. The molecule has 0 saturated carbocycles. The number of hydrogen-bond donors (Lipinski definition) is 1. The summed E-state index contributed by atoms with van der Waals surface area (Å²) in [5, 5.41) is 1.27. The minimum absolute atomic E-state index is 1.18. The Morgan fingerprint density at radius 3 is 2.47 bits per heavy atom. The number of hydrogen-bond acceptors (Lipinski definition) is 1. The van der Waals surface area contributed by atoms with Crippen LogP contribution in [0.2, 0.25) is 0 Å². The van der Waals surface area contributed by atoms with Crippen LogP contribution < -0.4 is 0 Å². The maximum atomic E-state index is 3.38. The Labute approximate surface area is 111 Å². The molecule has 0 aliphatic rings. The van der Waals surface area contributed by atoms with E-state index in [-0.39, 0.29) is 0 Å². The predicted molar refractivity (Wildman–Crippen MR) is 78.5 cm³/mol. The van der Waals surface area contributed by atoms with Gasteiger partial charge in [0.15, 0.2) is 0 Å². The first kappa shape index (κ1) is 10.9. The highest BCUT2D eigenvalue weighted by molar-refractivity contribution is 9.50. The van der Waals surface area contributed by atoms with Crippen LogP contribution in [0.3, 0.4) is 0 Å². The van der Waals surface area contributed by atoms with Crippen molar-refractivity contribution in [2.45, 2.75) is 4.90 Å². The SMILES string of the molecule is BrSc1ccc(-c2c[nH]c3ccccc23)cc1. The standard InChI is InChI=1S/C14H10BrNS/c15-17-11-7-5-10(6-8-11)13-9-16-14-4-2-1-3-12(13)14/h1-9,16H. The highest BCUT2D eigenvalue weighted by atomic mass is 79.9. The zero-order chi connectivity index (χ0) is 11.7. The van der Waals surface area contributed by atoms with Gasteiger partial charge in [-0.2, -0.15) is 0 Å². The summed E-state index contributed by atoms with van der Waals surface area (Å²) >= 11 is 3.38. The molecular formula is C14H10BrNS. The molecule has 17 heavy (non-hydrogen) atoms. The highest BCUT2D eigenvalue weighted by Crippen LogP contribution is 2.31. The van der Waals surface area contributed by atoms with Crippen molar-refractivity contribution in [3.8, 4) is 11.1 Å². The molecule has 3 heteroatoms. The average molecular weight is 304 g/mol. The van der Waals surface area contributed by atoms with E-state index in [2.05, 4.69) is 68.5 Å². The van der Waals surface area contributed by atoms with Gasteiger partial charge in [-0.3, -0.25) is 0 Å². The molecule has 0 amide bonds. The first-order valence-corrected chi connectivity index (χ1v) is 7.99. The predicted octanol–water partition coefficient (Wildman–Crippen LogP) is 5.24. The number of benzene rings is 2. The van der Waals surface area contributed by atoms with Gasteiger partial charge in [-0.25, -0.2) is 0 Å². The molecule has 1 heterocycles. The van der Waals surface area contributed by atoms with Crippen LogP contribution in [0.25, 0.3) is 22.0 Å². The molecule has 3 aromatic rings. The first-order valence-electron chi connectivity index (χ1n) is 5.33. The van der Waals surface area contributed by atoms with Gasteiger partial charge in [0.1, 0.15) is 0 Å². The van der Waals surface area contributed by atoms with Crippen LogP contribution in [0, 0.1) is 0 Å². The van der Waals surface area contributed by atoms with Crippen molar-refractivity contribution in [2.75, 3.05) is 0 Å². The summed E-state index contributed by atoms with van der Waals surface area (Å²) in [7, 11) is 1.58. The van der Waals surface area contributed by atoms with Crippen molar-refractivity contribution >= 4 is 35.9 Å². The minimum Gasteiger partial charge on any atom is -0.361 e.